The van der Waals surface area contributed by atoms with E-state index >= 15 is 0 Å². The van der Waals surface area contributed by atoms with Crippen molar-refractivity contribution in [3.05, 3.63) is 34.6 Å². The Kier molecular flexibility index (Phi) is 4.98. The van der Waals surface area contributed by atoms with Crippen LogP contribution in [0.3, 0.4) is 0 Å². The number of aliphatic hydroxyl groups excluding tert-OH is 1. The molecule has 15 heavy (non-hydrogen) atoms. The first kappa shape index (κ1) is 12.4. The lowest BCUT2D eigenvalue weighted by Gasteiger charge is -2.17. The second-order valence-electron chi connectivity index (χ2n) is 3.13. The van der Waals surface area contributed by atoms with Crippen LogP contribution in [0.1, 0.15) is 11.6 Å². The molecule has 84 valence electrons. The highest BCUT2D eigenvalue weighted by molar-refractivity contribution is 6.31. The number of hydrogen-bond donors (Lipinski definition) is 3. The summed E-state index contributed by atoms with van der Waals surface area (Å²) in [7, 11) is 0. The van der Waals surface area contributed by atoms with Gasteiger partial charge in [-0.25, -0.2) is 4.39 Å². The van der Waals surface area contributed by atoms with E-state index in [2.05, 4.69) is 5.32 Å². The van der Waals surface area contributed by atoms with Crippen LogP contribution in [0.15, 0.2) is 18.2 Å². The van der Waals surface area contributed by atoms with Crippen LogP contribution < -0.4 is 11.1 Å². The monoisotopic (exact) mass is 232 g/mol. The number of nitrogens with two attached hydrogens (primary N) is 1. The molecule has 0 aliphatic heterocycles. The topological polar surface area (TPSA) is 58.3 Å². The van der Waals surface area contributed by atoms with Crippen molar-refractivity contribution < 1.29 is 9.50 Å². The lowest BCUT2D eigenvalue weighted by atomic mass is 10.1. The molecule has 1 atom stereocenters. The Balaban J connectivity index is 2.81. The van der Waals surface area contributed by atoms with Crippen molar-refractivity contribution in [1.82, 2.24) is 5.32 Å². The van der Waals surface area contributed by atoms with Crippen molar-refractivity contribution in [2.24, 2.45) is 5.73 Å². The van der Waals surface area contributed by atoms with Crippen molar-refractivity contribution in [2.75, 3.05) is 19.7 Å². The van der Waals surface area contributed by atoms with Crippen LogP contribution in [-0.4, -0.2) is 24.8 Å². The van der Waals surface area contributed by atoms with Gasteiger partial charge < -0.3 is 16.2 Å². The SMILES string of the molecule is NCC(NCCO)c1ccc(F)cc1Cl. The minimum atomic E-state index is -0.373. The van der Waals surface area contributed by atoms with Gasteiger partial charge in [0, 0.05) is 24.2 Å². The number of halogens is 2. The smallest absolute Gasteiger partial charge is 0.124 e. The molecule has 0 fully saturated rings. The molecule has 3 nitrogen and oxygen atoms in total. The Morgan fingerprint density at radius 3 is 2.80 bits per heavy atom. The molecule has 5 heteroatoms. The molecule has 0 radical (unpaired) electrons. The fourth-order valence-corrected chi connectivity index (χ4v) is 1.64. The van der Waals surface area contributed by atoms with Gasteiger partial charge in [0.2, 0.25) is 0 Å². The van der Waals surface area contributed by atoms with Gasteiger partial charge in [-0.3, -0.25) is 0 Å². The van der Waals surface area contributed by atoms with Crippen LogP contribution in [0.5, 0.6) is 0 Å². The molecule has 0 aliphatic rings. The molecule has 1 unspecified atom stereocenters. The molecule has 0 heterocycles. The molecule has 0 amide bonds. The maximum absolute atomic E-state index is 12.8. The van der Waals surface area contributed by atoms with Crippen molar-refractivity contribution in [3.8, 4) is 0 Å². The van der Waals surface area contributed by atoms with Crippen LogP contribution in [0.4, 0.5) is 4.39 Å². The Morgan fingerprint density at radius 2 is 2.27 bits per heavy atom. The van der Waals surface area contributed by atoms with E-state index in [0.717, 1.165) is 5.56 Å². The molecule has 0 aromatic heterocycles. The molecule has 1 rings (SSSR count). The Hall–Kier alpha value is -0.680. The van der Waals surface area contributed by atoms with Gasteiger partial charge >= 0.3 is 0 Å². The third-order valence-corrected chi connectivity index (χ3v) is 2.40. The van der Waals surface area contributed by atoms with Gasteiger partial charge in [-0.15, -0.1) is 0 Å². The first-order chi connectivity index (χ1) is 7.19. The average molecular weight is 233 g/mol. The van der Waals surface area contributed by atoms with Crippen LogP contribution in [0.25, 0.3) is 0 Å². The van der Waals surface area contributed by atoms with Crippen molar-refractivity contribution in [3.63, 3.8) is 0 Å². The van der Waals surface area contributed by atoms with E-state index in [9.17, 15) is 4.39 Å². The van der Waals surface area contributed by atoms with Gasteiger partial charge in [-0.2, -0.15) is 0 Å². The maximum atomic E-state index is 12.8. The second kappa shape index (κ2) is 6.02. The van der Waals surface area contributed by atoms with E-state index in [1.165, 1.54) is 12.1 Å². The predicted molar refractivity (Wildman–Crippen MR) is 58.3 cm³/mol. The average Bonchev–Trinajstić information content (AvgIpc) is 2.21. The fraction of sp³-hybridized carbons (Fsp3) is 0.400. The summed E-state index contributed by atoms with van der Waals surface area (Å²) >= 11 is 5.88. The van der Waals surface area contributed by atoms with Crippen molar-refractivity contribution >= 4 is 11.6 Å². The number of aliphatic hydroxyl groups is 1. The van der Waals surface area contributed by atoms with E-state index in [4.69, 9.17) is 22.4 Å². The zero-order chi connectivity index (χ0) is 11.3. The lowest BCUT2D eigenvalue weighted by Crippen LogP contribution is -2.30. The zero-order valence-electron chi connectivity index (χ0n) is 8.21. The Morgan fingerprint density at radius 1 is 1.53 bits per heavy atom. The van der Waals surface area contributed by atoms with Gasteiger partial charge in [0.05, 0.1) is 6.61 Å². The lowest BCUT2D eigenvalue weighted by molar-refractivity contribution is 0.285. The van der Waals surface area contributed by atoms with Crippen LogP contribution in [-0.2, 0) is 0 Å². The summed E-state index contributed by atoms with van der Waals surface area (Å²) in [6.45, 7) is 0.788. The number of nitrogens with one attached hydrogen (secondary N) is 1. The minimum Gasteiger partial charge on any atom is -0.395 e. The molecule has 0 aliphatic carbocycles. The highest BCUT2D eigenvalue weighted by Gasteiger charge is 2.12. The van der Waals surface area contributed by atoms with Gasteiger partial charge in [-0.05, 0) is 17.7 Å². The minimum absolute atomic E-state index is 0.0231. The summed E-state index contributed by atoms with van der Waals surface area (Å²) < 4.78 is 12.8. The zero-order valence-corrected chi connectivity index (χ0v) is 8.97. The van der Waals surface area contributed by atoms with Crippen molar-refractivity contribution in [1.29, 1.82) is 0 Å². The van der Waals surface area contributed by atoms with E-state index < -0.39 is 0 Å². The maximum Gasteiger partial charge on any atom is 0.124 e. The quantitative estimate of drug-likeness (QED) is 0.712. The summed E-state index contributed by atoms with van der Waals surface area (Å²) in [5.74, 6) is -0.373. The summed E-state index contributed by atoms with van der Waals surface area (Å²) in [6.07, 6.45) is 0. The summed E-state index contributed by atoms with van der Waals surface area (Å²) in [6, 6.07) is 4.02. The Bertz CT molecular complexity index is 322. The summed E-state index contributed by atoms with van der Waals surface area (Å²) in [5, 5.41) is 12.0. The summed E-state index contributed by atoms with van der Waals surface area (Å²) in [4.78, 5) is 0. The molecule has 0 saturated heterocycles. The van der Waals surface area contributed by atoms with E-state index in [1.54, 1.807) is 6.07 Å². The third-order valence-electron chi connectivity index (χ3n) is 2.08. The Labute approximate surface area is 93.0 Å². The molecule has 0 bridgehead atoms. The largest absolute Gasteiger partial charge is 0.395 e. The second-order valence-corrected chi connectivity index (χ2v) is 3.54. The molecular formula is C10H14ClFN2O. The summed E-state index contributed by atoms with van der Waals surface area (Å²) in [5.41, 5.74) is 6.30. The molecular weight excluding hydrogens is 219 g/mol. The van der Waals surface area contributed by atoms with Crippen molar-refractivity contribution in [2.45, 2.75) is 6.04 Å². The molecule has 1 aromatic rings. The molecule has 0 saturated carbocycles. The molecule has 4 N–H and O–H groups in total. The van der Waals surface area contributed by atoms with Crippen LogP contribution >= 0.6 is 11.6 Å². The standard InChI is InChI=1S/C10H14ClFN2O/c11-9-5-7(12)1-2-8(9)10(6-13)14-3-4-15/h1-2,5,10,14-15H,3-4,6,13H2. The van der Waals surface area contributed by atoms with Crippen LogP contribution in [0, 0.1) is 5.82 Å². The predicted octanol–water partition coefficient (Wildman–Crippen LogP) is 1.06. The first-order valence-corrected chi connectivity index (χ1v) is 5.06. The van der Waals surface area contributed by atoms with E-state index in [1.807, 2.05) is 0 Å². The van der Waals surface area contributed by atoms with Gasteiger partial charge in [0.1, 0.15) is 5.82 Å². The normalized spacial score (nSPS) is 12.8. The van der Waals surface area contributed by atoms with Gasteiger partial charge in [0.15, 0.2) is 0 Å². The highest BCUT2D eigenvalue weighted by Crippen LogP contribution is 2.23. The third kappa shape index (κ3) is 3.43. The first-order valence-electron chi connectivity index (χ1n) is 4.68. The van der Waals surface area contributed by atoms with Gasteiger partial charge in [-0.1, -0.05) is 17.7 Å². The fourth-order valence-electron chi connectivity index (χ4n) is 1.34. The van der Waals surface area contributed by atoms with Crippen LogP contribution in [0.2, 0.25) is 5.02 Å². The number of rotatable bonds is 5. The highest BCUT2D eigenvalue weighted by atomic mass is 35.5. The molecule has 0 spiro atoms. The number of benzene rings is 1. The van der Waals surface area contributed by atoms with Gasteiger partial charge in [0.25, 0.3) is 0 Å². The number of hydrogen-bond acceptors (Lipinski definition) is 3. The van der Waals surface area contributed by atoms with E-state index in [0.29, 0.717) is 18.1 Å². The molecule has 1 aromatic carbocycles. The van der Waals surface area contributed by atoms with E-state index in [-0.39, 0.29) is 18.5 Å².